The molecular weight excluding hydrogens is 446 g/mol. The molecule has 2 amide bonds. The van der Waals surface area contributed by atoms with E-state index in [0.29, 0.717) is 38.4 Å². The van der Waals surface area contributed by atoms with Crippen LogP contribution in [0.5, 0.6) is 11.5 Å². The molecule has 1 aromatic carbocycles. The predicted molar refractivity (Wildman–Crippen MR) is 117 cm³/mol. The van der Waals surface area contributed by atoms with Gasteiger partial charge in [0.05, 0.1) is 18.8 Å². The predicted octanol–water partition coefficient (Wildman–Crippen LogP) is 2.15. The van der Waals surface area contributed by atoms with Crippen molar-refractivity contribution in [1.29, 1.82) is 0 Å². The maximum absolute atomic E-state index is 12.8. The number of nitrogens with zero attached hydrogens (tertiary/aromatic N) is 4. The molecule has 1 aliphatic rings. The molecule has 3 aromatic rings. The molecule has 1 saturated heterocycles. The van der Waals surface area contributed by atoms with Crippen LogP contribution in [0.2, 0.25) is 0 Å². The Hall–Kier alpha value is -3.93. The monoisotopic (exact) mass is 471 g/mol. The summed E-state index contributed by atoms with van der Waals surface area (Å²) in [5, 5.41) is 31.2. The molecule has 0 saturated carbocycles. The van der Waals surface area contributed by atoms with Gasteiger partial charge in [0.2, 0.25) is 5.82 Å². The van der Waals surface area contributed by atoms with Crippen molar-refractivity contribution in [1.82, 2.24) is 25.5 Å². The Morgan fingerprint density at radius 1 is 1.12 bits per heavy atom. The first-order valence-electron chi connectivity index (χ1n) is 10.9. The van der Waals surface area contributed by atoms with Gasteiger partial charge in [0.1, 0.15) is 17.1 Å². The van der Waals surface area contributed by atoms with Crippen molar-refractivity contribution in [3.8, 4) is 34.2 Å². The van der Waals surface area contributed by atoms with Crippen molar-refractivity contribution in [2.24, 2.45) is 0 Å². The van der Waals surface area contributed by atoms with Gasteiger partial charge in [-0.1, -0.05) is 24.2 Å². The summed E-state index contributed by atoms with van der Waals surface area (Å²) in [5.74, 6) is -1.84. The highest BCUT2D eigenvalue weighted by molar-refractivity contribution is 6.02. The fourth-order valence-corrected chi connectivity index (χ4v) is 3.63. The Morgan fingerprint density at radius 2 is 1.85 bits per heavy atom. The Kier molecular flexibility index (Phi) is 6.50. The second-order valence-electron chi connectivity index (χ2n) is 8.01. The quantitative estimate of drug-likeness (QED) is 0.485. The number of hydrogen-bond donors (Lipinski definition) is 3. The first kappa shape index (κ1) is 23.2. The second-order valence-corrected chi connectivity index (χ2v) is 8.01. The second kappa shape index (κ2) is 9.51. The van der Waals surface area contributed by atoms with Crippen molar-refractivity contribution < 1.29 is 33.6 Å². The van der Waals surface area contributed by atoms with Gasteiger partial charge in [0, 0.05) is 25.7 Å². The third kappa shape index (κ3) is 4.31. The number of carbonyl (C=O) groups is 2. The van der Waals surface area contributed by atoms with E-state index < -0.39 is 11.8 Å². The van der Waals surface area contributed by atoms with Crippen molar-refractivity contribution in [3.05, 3.63) is 29.3 Å². The van der Waals surface area contributed by atoms with Crippen LogP contribution in [-0.4, -0.2) is 75.1 Å². The molecule has 2 aromatic heterocycles. The van der Waals surface area contributed by atoms with Crippen molar-refractivity contribution in [3.63, 3.8) is 0 Å². The molecule has 1 fully saturated rings. The lowest BCUT2D eigenvalue weighted by Gasteiger charge is -2.25. The number of aromatic nitrogens is 3. The fraction of sp³-hybridized carbons (Fsp3) is 0.409. The van der Waals surface area contributed by atoms with Gasteiger partial charge in [0.25, 0.3) is 5.91 Å². The molecule has 1 aliphatic heterocycles. The Balaban J connectivity index is 1.82. The van der Waals surface area contributed by atoms with Crippen molar-refractivity contribution in [2.45, 2.75) is 26.7 Å². The van der Waals surface area contributed by atoms with Crippen LogP contribution >= 0.6 is 0 Å². The van der Waals surface area contributed by atoms with Crippen molar-refractivity contribution >= 4 is 11.8 Å². The number of hydrogen-bond acceptors (Lipinski definition) is 10. The van der Waals surface area contributed by atoms with Gasteiger partial charge in [-0.15, -0.1) is 0 Å². The lowest BCUT2D eigenvalue weighted by molar-refractivity contribution is 0.0272. The van der Waals surface area contributed by atoms with Crippen LogP contribution in [0.1, 0.15) is 53.4 Å². The SMILES string of the molecule is CCNC(=O)c1noc(-c2cc(C(C)C)c(O)cc2O)c1-c1noc(C(=O)N2CCOCC2)n1. The zero-order valence-electron chi connectivity index (χ0n) is 19.0. The Labute approximate surface area is 194 Å². The molecular formula is C22H25N5O7. The van der Waals surface area contributed by atoms with Gasteiger partial charge >= 0.3 is 11.8 Å². The maximum atomic E-state index is 12.8. The zero-order chi connectivity index (χ0) is 24.4. The summed E-state index contributed by atoms with van der Waals surface area (Å²) in [7, 11) is 0. The van der Waals surface area contributed by atoms with E-state index in [-0.39, 0.29) is 51.7 Å². The lowest BCUT2D eigenvalue weighted by atomic mass is 9.96. The minimum absolute atomic E-state index is 0.00757. The lowest BCUT2D eigenvalue weighted by Crippen LogP contribution is -2.40. The first-order chi connectivity index (χ1) is 16.3. The molecule has 4 rings (SSSR count). The van der Waals surface area contributed by atoms with E-state index in [4.69, 9.17) is 13.8 Å². The topological polar surface area (TPSA) is 164 Å². The van der Waals surface area contributed by atoms with Crippen LogP contribution in [0.4, 0.5) is 0 Å². The summed E-state index contributed by atoms with van der Waals surface area (Å²) < 4.78 is 15.9. The number of phenolic OH excluding ortho intramolecular Hbond substituents is 2. The number of ether oxygens (including phenoxy) is 1. The standard InChI is InChI=1S/C22H25N5O7/c1-4-23-20(30)17-16(19-24-21(34-26-19)22(31)27-5-7-32-8-6-27)18(33-25-17)13-9-12(11(2)3)14(28)10-15(13)29/h9-11,28-29H,4-8H2,1-3H3,(H,23,30). The van der Waals surface area contributed by atoms with Crippen LogP contribution in [0.25, 0.3) is 22.7 Å². The smallest absolute Gasteiger partial charge is 0.316 e. The first-order valence-corrected chi connectivity index (χ1v) is 10.9. The number of morpholine rings is 1. The average Bonchev–Trinajstić information content (AvgIpc) is 3.46. The molecule has 0 aliphatic carbocycles. The van der Waals surface area contributed by atoms with E-state index in [2.05, 4.69) is 20.6 Å². The number of benzene rings is 1. The molecule has 0 radical (unpaired) electrons. The summed E-state index contributed by atoms with van der Waals surface area (Å²) in [4.78, 5) is 31.2. The Bertz CT molecular complexity index is 1210. The minimum Gasteiger partial charge on any atom is -0.508 e. The third-order valence-electron chi connectivity index (χ3n) is 5.39. The molecule has 0 unspecified atom stereocenters. The molecule has 0 atom stereocenters. The van der Waals surface area contributed by atoms with Gasteiger partial charge in [-0.05, 0) is 24.5 Å². The van der Waals surface area contributed by atoms with Gasteiger partial charge < -0.3 is 34.2 Å². The number of amides is 2. The highest BCUT2D eigenvalue weighted by atomic mass is 16.5. The van der Waals surface area contributed by atoms with E-state index in [0.717, 1.165) is 0 Å². The number of phenols is 2. The summed E-state index contributed by atoms with van der Waals surface area (Å²) in [6.07, 6.45) is 0. The van der Waals surface area contributed by atoms with Gasteiger partial charge in [-0.25, -0.2) is 0 Å². The molecule has 12 heteroatoms. The fourth-order valence-electron chi connectivity index (χ4n) is 3.63. The van der Waals surface area contributed by atoms with E-state index in [1.807, 2.05) is 13.8 Å². The third-order valence-corrected chi connectivity index (χ3v) is 5.39. The normalized spacial score (nSPS) is 13.9. The van der Waals surface area contributed by atoms with E-state index in [1.165, 1.54) is 11.0 Å². The molecule has 0 spiro atoms. The summed E-state index contributed by atoms with van der Waals surface area (Å²) in [5.41, 5.74) is 0.629. The number of aromatic hydroxyl groups is 2. The van der Waals surface area contributed by atoms with Crippen LogP contribution in [0.3, 0.4) is 0 Å². The summed E-state index contributed by atoms with van der Waals surface area (Å²) in [6, 6.07) is 2.73. The van der Waals surface area contributed by atoms with E-state index in [1.54, 1.807) is 13.0 Å². The van der Waals surface area contributed by atoms with E-state index >= 15 is 0 Å². The Morgan fingerprint density at radius 3 is 2.53 bits per heavy atom. The van der Waals surface area contributed by atoms with Gasteiger partial charge in [-0.2, -0.15) is 4.98 Å². The molecule has 180 valence electrons. The average molecular weight is 471 g/mol. The van der Waals surface area contributed by atoms with Crippen LogP contribution < -0.4 is 5.32 Å². The van der Waals surface area contributed by atoms with Crippen LogP contribution in [0.15, 0.2) is 21.2 Å². The van der Waals surface area contributed by atoms with E-state index in [9.17, 15) is 19.8 Å². The van der Waals surface area contributed by atoms with Crippen molar-refractivity contribution in [2.75, 3.05) is 32.8 Å². The van der Waals surface area contributed by atoms with Gasteiger partial charge in [-0.3, -0.25) is 9.59 Å². The number of nitrogens with one attached hydrogen (secondary N) is 1. The highest BCUT2D eigenvalue weighted by Crippen LogP contribution is 2.42. The number of carbonyl (C=O) groups excluding carboxylic acids is 2. The van der Waals surface area contributed by atoms with Gasteiger partial charge in [0.15, 0.2) is 11.5 Å². The largest absolute Gasteiger partial charge is 0.508 e. The summed E-state index contributed by atoms with van der Waals surface area (Å²) in [6.45, 7) is 7.41. The molecule has 34 heavy (non-hydrogen) atoms. The minimum atomic E-state index is -0.555. The van der Waals surface area contributed by atoms with Crippen LogP contribution in [-0.2, 0) is 4.74 Å². The molecule has 3 heterocycles. The highest BCUT2D eigenvalue weighted by Gasteiger charge is 2.32. The molecule has 3 N–H and O–H groups in total. The maximum Gasteiger partial charge on any atom is 0.316 e. The molecule has 0 bridgehead atoms. The zero-order valence-corrected chi connectivity index (χ0v) is 19.0. The van der Waals surface area contributed by atoms with Crippen LogP contribution in [0, 0.1) is 0 Å². The summed E-state index contributed by atoms with van der Waals surface area (Å²) >= 11 is 0. The molecule has 12 nitrogen and oxygen atoms in total. The number of rotatable bonds is 6.